The molecule has 1 unspecified atom stereocenters. The fourth-order valence-corrected chi connectivity index (χ4v) is 2.80. The van der Waals surface area contributed by atoms with Gasteiger partial charge in [-0.1, -0.05) is 62.4 Å². The molecule has 0 bridgehead atoms. The maximum absolute atomic E-state index is 12.8. The van der Waals surface area contributed by atoms with Crippen LogP contribution in [0.15, 0.2) is 66.9 Å². The number of nitrogens with one attached hydrogen (secondary N) is 1. The van der Waals surface area contributed by atoms with Gasteiger partial charge in [-0.25, -0.2) is 0 Å². The second kappa shape index (κ2) is 6.61. The molecule has 0 spiro atoms. The number of benzene rings is 2. The summed E-state index contributed by atoms with van der Waals surface area (Å²) in [6, 6.07) is 19.6. The zero-order valence-corrected chi connectivity index (χ0v) is 13.4. The zero-order chi connectivity index (χ0) is 16.2. The van der Waals surface area contributed by atoms with Crippen LogP contribution in [0.4, 0.5) is 0 Å². The summed E-state index contributed by atoms with van der Waals surface area (Å²) in [6.45, 7) is 4.22. The molecule has 1 N–H and O–H groups in total. The molecule has 0 radical (unpaired) electrons. The van der Waals surface area contributed by atoms with Gasteiger partial charge in [0.15, 0.2) is 0 Å². The topological polar surface area (TPSA) is 42.0 Å². The molecule has 0 aliphatic heterocycles. The van der Waals surface area contributed by atoms with Crippen LogP contribution in [0.1, 0.15) is 35.8 Å². The van der Waals surface area contributed by atoms with E-state index in [4.69, 9.17) is 0 Å². The van der Waals surface area contributed by atoms with Gasteiger partial charge in [-0.05, 0) is 23.6 Å². The highest BCUT2D eigenvalue weighted by Crippen LogP contribution is 2.23. The Labute approximate surface area is 136 Å². The summed E-state index contributed by atoms with van der Waals surface area (Å²) in [5.41, 5.74) is 2.47. The lowest BCUT2D eigenvalue weighted by atomic mass is 9.95. The molecule has 23 heavy (non-hydrogen) atoms. The highest BCUT2D eigenvalue weighted by Gasteiger charge is 2.20. The van der Waals surface area contributed by atoms with Crippen molar-refractivity contribution in [3.63, 3.8) is 0 Å². The van der Waals surface area contributed by atoms with Gasteiger partial charge < -0.3 is 5.32 Å². The fourth-order valence-electron chi connectivity index (χ4n) is 2.80. The quantitative estimate of drug-likeness (QED) is 0.778. The molecule has 3 nitrogen and oxygen atoms in total. The average Bonchev–Trinajstić information content (AvgIpc) is 2.59. The largest absolute Gasteiger partial charge is 0.345 e. The highest BCUT2D eigenvalue weighted by atomic mass is 16.1. The highest BCUT2D eigenvalue weighted by molar-refractivity contribution is 6.05. The van der Waals surface area contributed by atoms with Gasteiger partial charge in [0.05, 0.1) is 17.1 Å². The van der Waals surface area contributed by atoms with Crippen molar-refractivity contribution in [1.29, 1.82) is 0 Å². The number of carbonyl (C=O) groups excluding carboxylic acids is 1. The van der Waals surface area contributed by atoms with Crippen LogP contribution >= 0.6 is 0 Å². The molecular weight excluding hydrogens is 284 g/mol. The normalized spacial score (nSPS) is 12.3. The van der Waals surface area contributed by atoms with Gasteiger partial charge in [0.25, 0.3) is 5.91 Å². The predicted octanol–water partition coefficient (Wildman–Crippen LogP) is 4.36. The molecule has 1 heterocycles. The van der Waals surface area contributed by atoms with Crippen LogP contribution in [-0.4, -0.2) is 10.9 Å². The first-order valence-electron chi connectivity index (χ1n) is 7.86. The Balaban J connectivity index is 1.93. The van der Waals surface area contributed by atoms with Gasteiger partial charge in [0, 0.05) is 11.6 Å². The number of amides is 1. The lowest BCUT2D eigenvalue weighted by molar-refractivity contribution is 0.0927. The fraction of sp³-hybridized carbons (Fsp3) is 0.200. The van der Waals surface area contributed by atoms with E-state index in [2.05, 4.69) is 24.1 Å². The Morgan fingerprint density at radius 3 is 2.43 bits per heavy atom. The van der Waals surface area contributed by atoms with Crippen molar-refractivity contribution >= 4 is 16.8 Å². The summed E-state index contributed by atoms with van der Waals surface area (Å²) in [7, 11) is 0. The van der Waals surface area contributed by atoms with Gasteiger partial charge in [0.2, 0.25) is 0 Å². The standard InChI is InChI=1S/C20H20N2O/c1-14(2)18(15-8-4-3-5-9-15)22-20(23)17-12-6-10-16-11-7-13-21-19(16)17/h3-14,18H,1-2H3,(H,22,23). The zero-order valence-electron chi connectivity index (χ0n) is 13.4. The van der Waals surface area contributed by atoms with Crippen LogP contribution in [0.5, 0.6) is 0 Å². The lowest BCUT2D eigenvalue weighted by Gasteiger charge is -2.23. The van der Waals surface area contributed by atoms with E-state index in [1.165, 1.54) is 0 Å². The number of aromatic nitrogens is 1. The minimum absolute atomic E-state index is 0.0253. The summed E-state index contributed by atoms with van der Waals surface area (Å²) in [5.74, 6) is 0.209. The van der Waals surface area contributed by atoms with Gasteiger partial charge in [-0.15, -0.1) is 0 Å². The Kier molecular flexibility index (Phi) is 4.38. The van der Waals surface area contributed by atoms with Crippen molar-refractivity contribution in [1.82, 2.24) is 10.3 Å². The number of hydrogen-bond donors (Lipinski definition) is 1. The second-order valence-corrected chi connectivity index (χ2v) is 5.99. The van der Waals surface area contributed by atoms with Gasteiger partial charge in [-0.2, -0.15) is 0 Å². The maximum Gasteiger partial charge on any atom is 0.253 e. The number of fused-ring (bicyclic) bond motifs is 1. The summed E-state index contributed by atoms with van der Waals surface area (Å²) in [4.78, 5) is 17.2. The number of hydrogen-bond acceptors (Lipinski definition) is 2. The summed E-state index contributed by atoms with van der Waals surface area (Å²) in [6.07, 6.45) is 1.72. The summed E-state index contributed by atoms with van der Waals surface area (Å²) < 4.78 is 0. The Morgan fingerprint density at radius 1 is 0.957 bits per heavy atom. The summed E-state index contributed by atoms with van der Waals surface area (Å²) in [5, 5.41) is 4.14. The van der Waals surface area contributed by atoms with Crippen molar-refractivity contribution in [2.24, 2.45) is 5.92 Å². The molecule has 0 aliphatic rings. The first-order chi connectivity index (χ1) is 11.2. The molecule has 3 rings (SSSR count). The van der Waals surface area contributed by atoms with Gasteiger partial charge >= 0.3 is 0 Å². The van der Waals surface area contributed by atoms with E-state index in [0.29, 0.717) is 11.5 Å². The molecule has 3 heteroatoms. The van der Waals surface area contributed by atoms with Crippen LogP contribution in [0.2, 0.25) is 0 Å². The number of rotatable bonds is 4. The number of para-hydroxylation sites is 1. The smallest absolute Gasteiger partial charge is 0.253 e. The molecule has 1 atom stereocenters. The van der Waals surface area contributed by atoms with E-state index in [0.717, 1.165) is 16.5 Å². The third-order valence-corrected chi connectivity index (χ3v) is 3.99. The maximum atomic E-state index is 12.8. The first-order valence-corrected chi connectivity index (χ1v) is 7.86. The van der Waals surface area contributed by atoms with Crippen LogP contribution in [0, 0.1) is 5.92 Å². The Bertz CT molecular complexity index is 807. The minimum Gasteiger partial charge on any atom is -0.345 e. The number of carbonyl (C=O) groups is 1. The van der Waals surface area contributed by atoms with E-state index < -0.39 is 0 Å². The Hall–Kier alpha value is -2.68. The van der Waals surface area contributed by atoms with Crippen molar-refractivity contribution in [3.05, 3.63) is 78.0 Å². The molecule has 0 aliphatic carbocycles. The molecule has 2 aromatic carbocycles. The third kappa shape index (κ3) is 3.24. The monoisotopic (exact) mass is 304 g/mol. The molecule has 1 aromatic heterocycles. The van der Waals surface area contributed by atoms with Gasteiger partial charge in [0.1, 0.15) is 0 Å². The van der Waals surface area contributed by atoms with E-state index in [1.807, 2.05) is 60.7 Å². The molecule has 3 aromatic rings. The molecule has 1 amide bonds. The third-order valence-electron chi connectivity index (χ3n) is 3.99. The van der Waals surface area contributed by atoms with Crippen molar-refractivity contribution in [2.75, 3.05) is 0 Å². The van der Waals surface area contributed by atoms with Gasteiger partial charge in [-0.3, -0.25) is 9.78 Å². The number of pyridine rings is 1. The minimum atomic E-state index is -0.0862. The first kappa shape index (κ1) is 15.2. The van der Waals surface area contributed by atoms with Crippen LogP contribution in [0.25, 0.3) is 10.9 Å². The molecule has 0 fully saturated rings. The second-order valence-electron chi connectivity index (χ2n) is 5.99. The molecular formula is C20H20N2O. The van der Waals surface area contributed by atoms with Crippen molar-refractivity contribution in [3.8, 4) is 0 Å². The average molecular weight is 304 g/mol. The van der Waals surface area contributed by atoms with E-state index in [-0.39, 0.29) is 11.9 Å². The van der Waals surface area contributed by atoms with Crippen LogP contribution in [0.3, 0.4) is 0 Å². The molecule has 0 saturated heterocycles. The lowest BCUT2D eigenvalue weighted by Crippen LogP contribution is -2.31. The number of nitrogens with zero attached hydrogens (tertiary/aromatic N) is 1. The summed E-state index contributed by atoms with van der Waals surface area (Å²) >= 11 is 0. The van der Waals surface area contributed by atoms with Crippen LogP contribution in [-0.2, 0) is 0 Å². The van der Waals surface area contributed by atoms with E-state index in [9.17, 15) is 4.79 Å². The SMILES string of the molecule is CC(C)C(NC(=O)c1cccc2cccnc12)c1ccccc1. The van der Waals surface area contributed by atoms with Crippen molar-refractivity contribution in [2.45, 2.75) is 19.9 Å². The molecule has 116 valence electrons. The van der Waals surface area contributed by atoms with Crippen LogP contribution < -0.4 is 5.32 Å². The van der Waals surface area contributed by atoms with E-state index >= 15 is 0 Å². The predicted molar refractivity (Wildman–Crippen MR) is 93.2 cm³/mol. The van der Waals surface area contributed by atoms with Crippen molar-refractivity contribution < 1.29 is 4.79 Å². The Morgan fingerprint density at radius 2 is 1.70 bits per heavy atom. The molecule has 0 saturated carbocycles. The van der Waals surface area contributed by atoms with E-state index in [1.54, 1.807) is 6.20 Å².